The molecule has 1 heterocycles. The molecule has 2 aliphatic rings. The van der Waals surface area contributed by atoms with E-state index in [1.54, 1.807) is 0 Å². The Morgan fingerprint density at radius 2 is 1.90 bits per heavy atom. The van der Waals surface area contributed by atoms with Crippen LogP contribution in [-0.4, -0.2) is 43.2 Å². The Kier molecular flexibility index (Phi) is 5.85. The number of nitrogens with zero attached hydrogens (tertiary/aromatic N) is 1. The molecular weight excluding hydrogens is 252 g/mol. The minimum Gasteiger partial charge on any atom is -0.378 e. The summed E-state index contributed by atoms with van der Waals surface area (Å²) in [6.45, 7) is 5.34. The first kappa shape index (κ1) is 15.8. The average Bonchev–Trinajstić information content (AvgIpc) is 2.48. The smallest absolute Gasteiger partial charge is 0.228 e. The molecule has 2 fully saturated rings. The summed E-state index contributed by atoms with van der Waals surface area (Å²) in [6, 6.07) is 0. The van der Waals surface area contributed by atoms with Gasteiger partial charge in [0.1, 0.15) is 0 Å². The molecule has 0 aromatic heterocycles. The molecule has 1 aliphatic heterocycles. The third kappa shape index (κ3) is 3.95. The Morgan fingerprint density at radius 3 is 2.50 bits per heavy atom. The van der Waals surface area contributed by atoms with Gasteiger partial charge >= 0.3 is 0 Å². The molecule has 2 N–H and O–H groups in total. The maximum Gasteiger partial charge on any atom is 0.228 e. The molecule has 4 nitrogen and oxygen atoms in total. The molecule has 0 aromatic carbocycles. The first-order valence-electron chi connectivity index (χ1n) is 8.27. The van der Waals surface area contributed by atoms with Crippen molar-refractivity contribution in [3.8, 4) is 0 Å². The number of carbonyl (C=O) groups excluding carboxylic acids is 1. The third-order valence-electron chi connectivity index (χ3n) is 4.90. The largest absolute Gasteiger partial charge is 0.378 e. The number of amides is 1. The highest BCUT2D eigenvalue weighted by Crippen LogP contribution is 2.38. The highest BCUT2D eigenvalue weighted by Gasteiger charge is 2.38. The van der Waals surface area contributed by atoms with E-state index in [-0.39, 0.29) is 5.41 Å². The number of likely N-dealkylation sites (tertiary alicyclic amines) is 1. The molecule has 1 amide bonds. The number of nitrogens with two attached hydrogens (primary N) is 1. The van der Waals surface area contributed by atoms with Crippen LogP contribution in [0.5, 0.6) is 0 Å². The number of ether oxygens (including phenoxy) is 1. The lowest BCUT2D eigenvalue weighted by Gasteiger charge is -2.40. The first-order valence-corrected chi connectivity index (χ1v) is 8.27. The zero-order chi connectivity index (χ0) is 14.4. The van der Waals surface area contributed by atoms with Crippen LogP contribution < -0.4 is 5.73 Å². The van der Waals surface area contributed by atoms with Gasteiger partial charge in [-0.3, -0.25) is 4.79 Å². The Bertz CT molecular complexity index is 306. The van der Waals surface area contributed by atoms with E-state index in [4.69, 9.17) is 10.5 Å². The second kappa shape index (κ2) is 7.41. The molecule has 1 saturated carbocycles. The van der Waals surface area contributed by atoms with Crippen LogP contribution in [0.3, 0.4) is 0 Å². The summed E-state index contributed by atoms with van der Waals surface area (Å²) < 4.78 is 5.80. The SMILES string of the molecule is CC1(C(=O)N2CCC(OCCCN)CC2)CCCCC1. The van der Waals surface area contributed by atoms with Gasteiger partial charge in [0.25, 0.3) is 0 Å². The fourth-order valence-electron chi connectivity index (χ4n) is 3.49. The summed E-state index contributed by atoms with van der Waals surface area (Å²) in [7, 11) is 0. The van der Waals surface area contributed by atoms with Crippen LogP contribution in [0.2, 0.25) is 0 Å². The van der Waals surface area contributed by atoms with Gasteiger partial charge < -0.3 is 15.4 Å². The van der Waals surface area contributed by atoms with Gasteiger partial charge in [-0.05, 0) is 38.6 Å². The minimum absolute atomic E-state index is 0.0918. The van der Waals surface area contributed by atoms with Gasteiger partial charge in [-0.25, -0.2) is 0 Å². The van der Waals surface area contributed by atoms with Crippen molar-refractivity contribution >= 4 is 5.91 Å². The predicted octanol–water partition coefficient (Wildman–Crippen LogP) is 2.31. The molecule has 0 spiro atoms. The van der Waals surface area contributed by atoms with Crippen LogP contribution in [0, 0.1) is 5.41 Å². The normalized spacial score (nSPS) is 23.8. The molecule has 1 saturated heterocycles. The quantitative estimate of drug-likeness (QED) is 0.787. The molecule has 4 heteroatoms. The summed E-state index contributed by atoms with van der Waals surface area (Å²) in [5.74, 6) is 0.387. The van der Waals surface area contributed by atoms with Crippen LogP contribution >= 0.6 is 0 Å². The number of carbonyl (C=O) groups is 1. The predicted molar refractivity (Wildman–Crippen MR) is 80.4 cm³/mol. The van der Waals surface area contributed by atoms with Crippen molar-refractivity contribution in [1.82, 2.24) is 4.90 Å². The van der Waals surface area contributed by atoms with E-state index in [2.05, 4.69) is 11.8 Å². The first-order chi connectivity index (χ1) is 9.65. The summed E-state index contributed by atoms with van der Waals surface area (Å²) >= 11 is 0. The van der Waals surface area contributed by atoms with Crippen molar-refractivity contribution < 1.29 is 9.53 Å². The topological polar surface area (TPSA) is 55.6 Å². The molecule has 1 aliphatic carbocycles. The van der Waals surface area contributed by atoms with Crippen molar-refractivity contribution in [2.45, 2.75) is 64.4 Å². The van der Waals surface area contributed by atoms with E-state index in [0.717, 1.165) is 51.8 Å². The molecule has 0 unspecified atom stereocenters. The fraction of sp³-hybridized carbons (Fsp3) is 0.938. The van der Waals surface area contributed by atoms with Gasteiger partial charge in [0.2, 0.25) is 5.91 Å². The van der Waals surface area contributed by atoms with Crippen molar-refractivity contribution in [2.75, 3.05) is 26.2 Å². The maximum atomic E-state index is 12.7. The molecular formula is C16H30N2O2. The molecule has 116 valence electrons. The zero-order valence-electron chi connectivity index (χ0n) is 12.9. The average molecular weight is 282 g/mol. The van der Waals surface area contributed by atoms with Crippen LogP contribution in [0.1, 0.15) is 58.3 Å². The summed E-state index contributed by atoms with van der Waals surface area (Å²) in [6.07, 6.45) is 9.06. The van der Waals surface area contributed by atoms with E-state index in [1.807, 2.05) is 0 Å². The Balaban J connectivity index is 1.76. The van der Waals surface area contributed by atoms with Crippen LogP contribution in [-0.2, 0) is 9.53 Å². The Morgan fingerprint density at radius 1 is 1.25 bits per heavy atom. The monoisotopic (exact) mass is 282 g/mol. The lowest BCUT2D eigenvalue weighted by molar-refractivity contribution is -0.145. The van der Waals surface area contributed by atoms with Crippen molar-refractivity contribution in [3.63, 3.8) is 0 Å². The van der Waals surface area contributed by atoms with Gasteiger partial charge in [-0.1, -0.05) is 26.2 Å². The van der Waals surface area contributed by atoms with E-state index < -0.39 is 0 Å². The minimum atomic E-state index is -0.0918. The van der Waals surface area contributed by atoms with Gasteiger partial charge in [-0.15, -0.1) is 0 Å². The summed E-state index contributed by atoms with van der Waals surface area (Å²) in [5, 5.41) is 0. The number of piperidine rings is 1. The van der Waals surface area contributed by atoms with Crippen molar-refractivity contribution in [1.29, 1.82) is 0 Å². The van der Waals surface area contributed by atoms with Gasteiger partial charge in [0.05, 0.1) is 6.10 Å². The standard InChI is InChI=1S/C16H30N2O2/c1-16(8-3-2-4-9-16)15(19)18-11-6-14(7-12-18)20-13-5-10-17/h14H,2-13,17H2,1H3. The van der Waals surface area contributed by atoms with Crippen molar-refractivity contribution in [2.24, 2.45) is 11.1 Å². The Labute approximate surface area is 123 Å². The van der Waals surface area contributed by atoms with Gasteiger partial charge in [0, 0.05) is 25.1 Å². The van der Waals surface area contributed by atoms with Crippen molar-refractivity contribution in [3.05, 3.63) is 0 Å². The molecule has 2 rings (SSSR count). The molecule has 0 aromatic rings. The van der Waals surface area contributed by atoms with Crippen LogP contribution in [0.15, 0.2) is 0 Å². The molecule has 0 atom stereocenters. The second-order valence-electron chi connectivity index (χ2n) is 6.63. The van der Waals surface area contributed by atoms with Crippen LogP contribution in [0.4, 0.5) is 0 Å². The Hall–Kier alpha value is -0.610. The molecule has 20 heavy (non-hydrogen) atoms. The third-order valence-corrected chi connectivity index (χ3v) is 4.90. The summed E-state index contributed by atoms with van der Waals surface area (Å²) in [4.78, 5) is 14.8. The van der Waals surface area contributed by atoms with Gasteiger partial charge in [-0.2, -0.15) is 0 Å². The summed E-state index contributed by atoms with van der Waals surface area (Å²) in [5.41, 5.74) is 5.38. The number of hydrogen-bond donors (Lipinski definition) is 1. The molecule has 0 bridgehead atoms. The van der Waals surface area contributed by atoms with E-state index in [9.17, 15) is 4.79 Å². The van der Waals surface area contributed by atoms with Crippen LogP contribution in [0.25, 0.3) is 0 Å². The van der Waals surface area contributed by atoms with E-state index in [0.29, 0.717) is 18.6 Å². The lowest BCUT2D eigenvalue weighted by Crippen LogP contribution is -2.48. The number of rotatable bonds is 5. The highest BCUT2D eigenvalue weighted by atomic mass is 16.5. The zero-order valence-corrected chi connectivity index (χ0v) is 12.9. The van der Waals surface area contributed by atoms with E-state index in [1.165, 1.54) is 19.3 Å². The second-order valence-corrected chi connectivity index (χ2v) is 6.63. The fourth-order valence-corrected chi connectivity index (χ4v) is 3.49. The lowest BCUT2D eigenvalue weighted by atomic mass is 9.74. The molecule has 0 radical (unpaired) electrons. The maximum absolute atomic E-state index is 12.7. The van der Waals surface area contributed by atoms with E-state index >= 15 is 0 Å². The highest BCUT2D eigenvalue weighted by molar-refractivity contribution is 5.82. The van der Waals surface area contributed by atoms with Gasteiger partial charge in [0.15, 0.2) is 0 Å². The number of hydrogen-bond acceptors (Lipinski definition) is 3.